The molecule has 1 rings (SSSR count). The van der Waals surface area contributed by atoms with Gasteiger partial charge in [0.25, 0.3) is 5.69 Å². The third-order valence-electron chi connectivity index (χ3n) is 2.20. The Morgan fingerprint density at radius 1 is 1.47 bits per heavy atom. The molecule has 0 fully saturated rings. The Morgan fingerprint density at radius 2 is 2.06 bits per heavy atom. The van der Waals surface area contributed by atoms with Crippen molar-refractivity contribution in [3.8, 4) is 0 Å². The lowest BCUT2D eigenvalue weighted by Crippen LogP contribution is -2.11. The van der Waals surface area contributed by atoms with Crippen molar-refractivity contribution in [3.63, 3.8) is 0 Å². The number of hydrogen-bond donors (Lipinski definition) is 1. The summed E-state index contributed by atoms with van der Waals surface area (Å²) in [6.45, 7) is 1.40. The Morgan fingerprint density at radius 3 is 2.47 bits per heavy atom. The summed E-state index contributed by atoms with van der Waals surface area (Å²) in [5.74, 6) is 4.85. The van der Waals surface area contributed by atoms with E-state index < -0.39 is 28.5 Å². The average molecular weight is 250 g/mol. The van der Waals surface area contributed by atoms with Crippen LogP contribution in [0.4, 0.5) is 18.9 Å². The summed E-state index contributed by atoms with van der Waals surface area (Å²) in [5, 5.41) is 10.7. The molecule has 94 valence electrons. The van der Waals surface area contributed by atoms with Gasteiger partial charge >= 0.3 is 6.18 Å². The van der Waals surface area contributed by atoms with Crippen molar-refractivity contribution in [3.05, 3.63) is 39.4 Å². The Labute approximate surface area is 94.1 Å². The van der Waals surface area contributed by atoms with Gasteiger partial charge in [0.15, 0.2) is 0 Å². The van der Waals surface area contributed by atoms with Crippen LogP contribution in [0.2, 0.25) is 0 Å². The average Bonchev–Trinajstić information content (AvgIpc) is 2.25. The Hall–Kier alpha value is -1.67. The number of benzene rings is 1. The first-order valence-electron chi connectivity index (χ1n) is 4.48. The van der Waals surface area contributed by atoms with Crippen LogP contribution in [0.1, 0.15) is 24.2 Å². The Balaban J connectivity index is 3.32. The highest BCUT2D eigenvalue weighted by Crippen LogP contribution is 2.35. The highest BCUT2D eigenvalue weighted by molar-refractivity contribution is 5.45. The van der Waals surface area contributed by atoms with Crippen LogP contribution in [-0.4, -0.2) is 4.92 Å². The molecular weight excluding hydrogens is 241 g/mol. The van der Waals surface area contributed by atoms with E-state index in [-0.39, 0.29) is 5.56 Å². The molecule has 0 aliphatic rings. The van der Waals surface area contributed by atoms with Gasteiger partial charge in [0.1, 0.15) is 6.10 Å². The maximum atomic E-state index is 12.4. The number of halogens is 3. The summed E-state index contributed by atoms with van der Waals surface area (Å²) in [7, 11) is 0. The van der Waals surface area contributed by atoms with E-state index in [4.69, 9.17) is 5.90 Å². The van der Waals surface area contributed by atoms with Gasteiger partial charge in [-0.05, 0) is 19.1 Å². The second-order valence-electron chi connectivity index (χ2n) is 3.31. The summed E-state index contributed by atoms with van der Waals surface area (Å²) >= 11 is 0. The van der Waals surface area contributed by atoms with E-state index in [1.165, 1.54) is 6.92 Å². The van der Waals surface area contributed by atoms with Crippen LogP contribution in [0.5, 0.6) is 0 Å². The van der Waals surface area contributed by atoms with E-state index in [9.17, 15) is 23.3 Å². The molecule has 1 aromatic rings. The maximum absolute atomic E-state index is 12.4. The number of nitro benzene ring substituents is 1. The molecule has 17 heavy (non-hydrogen) atoms. The molecule has 2 N–H and O–H groups in total. The monoisotopic (exact) mass is 250 g/mol. The number of nitro groups is 1. The third kappa shape index (κ3) is 2.92. The summed E-state index contributed by atoms with van der Waals surface area (Å²) in [5.41, 5.74) is -1.76. The minimum absolute atomic E-state index is 0.00880. The molecule has 0 aliphatic heterocycles. The van der Waals surface area contributed by atoms with Crippen molar-refractivity contribution in [2.45, 2.75) is 19.2 Å². The lowest BCUT2D eigenvalue weighted by Gasteiger charge is -2.12. The number of alkyl halides is 3. The maximum Gasteiger partial charge on any atom is 0.416 e. The van der Waals surface area contributed by atoms with Crippen LogP contribution in [0.15, 0.2) is 18.2 Å². The second-order valence-corrected chi connectivity index (χ2v) is 3.31. The fourth-order valence-electron chi connectivity index (χ4n) is 1.30. The molecule has 0 radical (unpaired) electrons. The van der Waals surface area contributed by atoms with Crippen LogP contribution in [-0.2, 0) is 11.0 Å². The van der Waals surface area contributed by atoms with Crippen molar-refractivity contribution in [2.24, 2.45) is 5.90 Å². The lowest BCUT2D eigenvalue weighted by molar-refractivity contribution is -0.386. The first-order valence-corrected chi connectivity index (χ1v) is 4.48. The largest absolute Gasteiger partial charge is 0.416 e. The SMILES string of the molecule is CC(ON)c1ccc(C(F)(F)F)cc1[N+](=O)[O-]. The van der Waals surface area contributed by atoms with Crippen LogP contribution in [0.25, 0.3) is 0 Å². The van der Waals surface area contributed by atoms with Gasteiger partial charge in [0, 0.05) is 6.07 Å². The molecule has 0 aromatic heterocycles. The van der Waals surface area contributed by atoms with Crippen molar-refractivity contribution in [2.75, 3.05) is 0 Å². The van der Waals surface area contributed by atoms with Gasteiger partial charge in [-0.3, -0.25) is 15.0 Å². The molecule has 8 heteroatoms. The van der Waals surface area contributed by atoms with Gasteiger partial charge in [0.05, 0.1) is 16.1 Å². The Bertz CT molecular complexity index is 434. The van der Waals surface area contributed by atoms with Gasteiger partial charge in [-0.1, -0.05) is 0 Å². The molecule has 5 nitrogen and oxygen atoms in total. The van der Waals surface area contributed by atoms with E-state index in [2.05, 4.69) is 4.84 Å². The summed E-state index contributed by atoms with van der Waals surface area (Å²) in [6, 6.07) is 2.20. The normalized spacial score (nSPS) is 13.5. The highest BCUT2D eigenvalue weighted by Gasteiger charge is 2.33. The second kappa shape index (κ2) is 4.68. The predicted octanol–water partition coefficient (Wildman–Crippen LogP) is 2.56. The molecule has 1 atom stereocenters. The summed E-state index contributed by atoms with van der Waals surface area (Å²) in [4.78, 5) is 14.1. The van der Waals surface area contributed by atoms with Crippen molar-refractivity contribution in [1.82, 2.24) is 0 Å². The van der Waals surface area contributed by atoms with Crippen LogP contribution >= 0.6 is 0 Å². The van der Waals surface area contributed by atoms with Gasteiger partial charge in [0.2, 0.25) is 0 Å². The molecule has 1 aromatic carbocycles. The van der Waals surface area contributed by atoms with Crippen LogP contribution < -0.4 is 5.90 Å². The summed E-state index contributed by atoms with van der Waals surface area (Å²) in [6.07, 6.45) is -5.49. The first-order chi connectivity index (χ1) is 7.77. The zero-order chi connectivity index (χ0) is 13.2. The van der Waals surface area contributed by atoms with Crippen molar-refractivity contribution in [1.29, 1.82) is 0 Å². The van der Waals surface area contributed by atoms with Gasteiger partial charge < -0.3 is 0 Å². The molecule has 0 amide bonds. The third-order valence-corrected chi connectivity index (χ3v) is 2.20. The molecule has 0 heterocycles. The fourth-order valence-corrected chi connectivity index (χ4v) is 1.30. The minimum atomic E-state index is -4.63. The molecule has 1 unspecified atom stereocenters. The topological polar surface area (TPSA) is 78.4 Å². The lowest BCUT2D eigenvalue weighted by atomic mass is 10.0. The van der Waals surface area contributed by atoms with E-state index in [0.717, 1.165) is 12.1 Å². The number of nitrogens with zero attached hydrogens (tertiary/aromatic N) is 1. The van der Waals surface area contributed by atoms with Gasteiger partial charge in [-0.2, -0.15) is 13.2 Å². The summed E-state index contributed by atoms with van der Waals surface area (Å²) < 4.78 is 37.1. The minimum Gasteiger partial charge on any atom is -0.297 e. The molecule has 0 spiro atoms. The van der Waals surface area contributed by atoms with Gasteiger partial charge in [-0.15, -0.1) is 0 Å². The highest BCUT2D eigenvalue weighted by atomic mass is 19.4. The first kappa shape index (κ1) is 13.4. The van der Waals surface area contributed by atoms with Crippen LogP contribution in [0.3, 0.4) is 0 Å². The van der Waals surface area contributed by atoms with Crippen molar-refractivity contribution < 1.29 is 22.9 Å². The molecule has 0 saturated heterocycles. The van der Waals surface area contributed by atoms with E-state index in [1.54, 1.807) is 0 Å². The fraction of sp³-hybridized carbons (Fsp3) is 0.333. The van der Waals surface area contributed by atoms with Gasteiger partial charge in [-0.25, -0.2) is 5.90 Å². The van der Waals surface area contributed by atoms with E-state index >= 15 is 0 Å². The zero-order valence-electron chi connectivity index (χ0n) is 8.69. The molecule has 0 bridgehead atoms. The van der Waals surface area contributed by atoms with E-state index in [0.29, 0.717) is 6.07 Å². The Kier molecular flexibility index (Phi) is 3.69. The molecule has 0 saturated carbocycles. The number of nitrogens with two attached hydrogens (primary N) is 1. The standard InChI is InChI=1S/C9H9F3N2O3/c1-5(17-13)7-3-2-6(9(10,11)12)4-8(7)14(15)16/h2-5H,13H2,1H3. The number of hydrogen-bond acceptors (Lipinski definition) is 4. The van der Waals surface area contributed by atoms with Crippen molar-refractivity contribution >= 4 is 5.69 Å². The van der Waals surface area contributed by atoms with Crippen LogP contribution in [0, 0.1) is 10.1 Å². The quantitative estimate of drug-likeness (QED) is 0.660. The van der Waals surface area contributed by atoms with E-state index in [1.807, 2.05) is 0 Å². The predicted molar refractivity (Wildman–Crippen MR) is 51.8 cm³/mol. The number of rotatable bonds is 3. The molecular formula is C9H9F3N2O3. The smallest absolute Gasteiger partial charge is 0.297 e. The zero-order valence-corrected chi connectivity index (χ0v) is 8.69. The molecule has 0 aliphatic carbocycles.